The maximum absolute atomic E-state index is 10.9. The molecule has 1 radical (unpaired) electrons. The smallest absolute Gasteiger partial charge is 0.314 e. The van der Waals surface area contributed by atoms with Gasteiger partial charge in [-0.3, -0.25) is 4.79 Å². The molecule has 0 saturated heterocycles. The van der Waals surface area contributed by atoms with E-state index in [1.54, 1.807) is 6.41 Å². The van der Waals surface area contributed by atoms with Gasteiger partial charge >= 0.3 is 6.41 Å². The lowest BCUT2D eigenvalue weighted by atomic mass is 10.1. The van der Waals surface area contributed by atoms with Crippen LogP contribution in [0.5, 0.6) is 11.5 Å². The average molecular weight is 545 g/mol. The number of anilines is 1. The lowest BCUT2D eigenvalue weighted by molar-refractivity contribution is 0.290. The van der Waals surface area contributed by atoms with Crippen LogP contribution < -0.4 is 14.8 Å². The summed E-state index contributed by atoms with van der Waals surface area (Å²) in [5.41, 5.74) is 0.668. The molecule has 0 aliphatic heterocycles. The van der Waals surface area contributed by atoms with Crippen LogP contribution in [0.2, 0.25) is 0 Å². The van der Waals surface area contributed by atoms with Crippen molar-refractivity contribution in [3.63, 3.8) is 0 Å². The summed E-state index contributed by atoms with van der Waals surface area (Å²) in [7, 11) is 0. The van der Waals surface area contributed by atoms with Crippen LogP contribution in [-0.4, -0.2) is 19.6 Å². The molecule has 0 aliphatic carbocycles. The van der Waals surface area contributed by atoms with Crippen LogP contribution >= 0.6 is 0 Å². The molecule has 4 heteroatoms. The largest absolute Gasteiger partial charge is 0.493 e. The topological polar surface area (TPSA) is 47.6 Å². The van der Waals surface area contributed by atoms with Crippen molar-refractivity contribution in [2.75, 3.05) is 18.5 Å². The van der Waals surface area contributed by atoms with Crippen molar-refractivity contribution in [2.45, 2.75) is 168 Å². The SMILES string of the molecule is CCCCCCCCCCCCCCOc1cc(N[C]=O)cc(OCCCCCCCCCCCCCC)c1. The van der Waals surface area contributed by atoms with E-state index in [1.807, 2.05) is 18.2 Å². The van der Waals surface area contributed by atoms with Crippen LogP contribution in [0.25, 0.3) is 0 Å². The van der Waals surface area contributed by atoms with Gasteiger partial charge in [0, 0.05) is 23.9 Å². The number of amides is 1. The number of nitrogens with one attached hydrogen (secondary N) is 1. The predicted octanol–water partition coefficient (Wildman–Crippen LogP) is 11.3. The number of rotatable bonds is 30. The molecule has 0 aromatic heterocycles. The summed E-state index contributed by atoms with van der Waals surface area (Å²) in [5.74, 6) is 1.51. The Morgan fingerprint density at radius 1 is 0.487 bits per heavy atom. The van der Waals surface area contributed by atoms with Crippen LogP contribution in [0.15, 0.2) is 18.2 Å². The van der Waals surface area contributed by atoms with Crippen LogP contribution in [0.3, 0.4) is 0 Å². The van der Waals surface area contributed by atoms with Crippen molar-refractivity contribution < 1.29 is 14.3 Å². The fourth-order valence-corrected chi connectivity index (χ4v) is 5.14. The molecule has 1 aromatic rings. The van der Waals surface area contributed by atoms with Crippen LogP contribution in [0.4, 0.5) is 5.69 Å². The van der Waals surface area contributed by atoms with Gasteiger partial charge < -0.3 is 14.8 Å². The summed E-state index contributed by atoms with van der Waals surface area (Å²) in [4.78, 5) is 10.9. The third-order valence-corrected chi connectivity index (χ3v) is 7.61. The van der Waals surface area contributed by atoms with Crippen LogP contribution in [-0.2, 0) is 4.79 Å². The van der Waals surface area contributed by atoms with E-state index in [9.17, 15) is 4.79 Å². The fourth-order valence-electron chi connectivity index (χ4n) is 5.14. The average Bonchev–Trinajstić information content (AvgIpc) is 2.94. The Hall–Kier alpha value is -1.71. The number of hydrogen-bond donors (Lipinski definition) is 1. The Morgan fingerprint density at radius 2 is 0.795 bits per heavy atom. The summed E-state index contributed by atoms with van der Waals surface area (Å²) in [6.07, 6.45) is 33.8. The molecule has 0 fully saturated rings. The minimum atomic E-state index is 0.668. The van der Waals surface area contributed by atoms with E-state index in [2.05, 4.69) is 19.2 Å². The summed E-state index contributed by atoms with van der Waals surface area (Å²) < 4.78 is 12.0. The molecule has 0 saturated carbocycles. The van der Waals surface area contributed by atoms with E-state index in [1.165, 1.54) is 141 Å². The third kappa shape index (κ3) is 22.8. The van der Waals surface area contributed by atoms with Crippen molar-refractivity contribution in [1.82, 2.24) is 0 Å². The first-order valence-corrected chi connectivity index (χ1v) is 16.8. The lowest BCUT2D eigenvalue weighted by Gasteiger charge is -2.12. The van der Waals surface area contributed by atoms with E-state index in [-0.39, 0.29) is 0 Å². The van der Waals surface area contributed by atoms with Crippen LogP contribution in [0, 0.1) is 0 Å². The lowest BCUT2D eigenvalue weighted by Crippen LogP contribution is -2.02. The Labute approximate surface area is 242 Å². The van der Waals surface area contributed by atoms with Gasteiger partial charge in [-0.05, 0) is 12.8 Å². The van der Waals surface area contributed by atoms with Crippen LogP contribution in [0.1, 0.15) is 168 Å². The van der Waals surface area contributed by atoms with Gasteiger partial charge in [0.05, 0.1) is 13.2 Å². The summed E-state index contributed by atoms with van der Waals surface area (Å²) in [6, 6.07) is 5.64. The zero-order chi connectivity index (χ0) is 28.1. The van der Waals surface area contributed by atoms with E-state index in [0.29, 0.717) is 18.9 Å². The summed E-state index contributed by atoms with van der Waals surface area (Å²) in [6.45, 7) is 5.95. The highest BCUT2D eigenvalue weighted by Gasteiger charge is 2.04. The number of unbranched alkanes of at least 4 members (excludes halogenated alkanes) is 22. The number of ether oxygens (including phenoxy) is 2. The quantitative estimate of drug-likeness (QED) is 0.0773. The first kappa shape index (κ1) is 35.3. The normalized spacial score (nSPS) is 11.0. The molecule has 1 aromatic carbocycles. The molecule has 1 N–H and O–H groups in total. The molecule has 0 heterocycles. The van der Waals surface area contributed by atoms with Gasteiger partial charge in [-0.25, -0.2) is 0 Å². The first-order chi connectivity index (χ1) is 19.3. The molecule has 0 spiro atoms. The highest BCUT2D eigenvalue weighted by Crippen LogP contribution is 2.27. The second-order valence-corrected chi connectivity index (χ2v) is 11.4. The molecular formula is C35H62NO3. The minimum Gasteiger partial charge on any atom is -0.493 e. The molecule has 1 amide bonds. The fraction of sp³-hybridized carbons (Fsp3) is 0.800. The second kappa shape index (κ2) is 27.8. The zero-order valence-electron chi connectivity index (χ0n) is 25.8. The van der Waals surface area contributed by atoms with Crippen molar-refractivity contribution in [3.8, 4) is 11.5 Å². The van der Waals surface area contributed by atoms with Gasteiger partial charge in [0.2, 0.25) is 0 Å². The first-order valence-electron chi connectivity index (χ1n) is 16.8. The monoisotopic (exact) mass is 544 g/mol. The molecule has 0 aliphatic rings. The molecule has 0 atom stereocenters. The third-order valence-electron chi connectivity index (χ3n) is 7.61. The molecule has 0 bridgehead atoms. The van der Waals surface area contributed by atoms with E-state index in [0.717, 1.165) is 24.3 Å². The molecule has 0 unspecified atom stereocenters. The van der Waals surface area contributed by atoms with Gasteiger partial charge in [-0.1, -0.05) is 155 Å². The highest BCUT2D eigenvalue weighted by molar-refractivity contribution is 5.73. The van der Waals surface area contributed by atoms with Gasteiger partial charge in [0.1, 0.15) is 11.5 Å². The van der Waals surface area contributed by atoms with Gasteiger partial charge in [-0.2, -0.15) is 0 Å². The molecule has 225 valence electrons. The number of carbonyl (C=O) groups excluding carboxylic acids is 1. The number of benzene rings is 1. The van der Waals surface area contributed by atoms with E-state index in [4.69, 9.17) is 9.47 Å². The van der Waals surface area contributed by atoms with Gasteiger partial charge in [0.15, 0.2) is 0 Å². The molecular weight excluding hydrogens is 482 g/mol. The second-order valence-electron chi connectivity index (χ2n) is 11.4. The molecule has 1 rings (SSSR count). The maximum atomic E-state index is 10.9. The highest BCUT2D eigenvalue weighted by atomic mass is 16.5. The zero-order valence-corrected chi connectivity index (χ0v) is 25.8. The molecule has 39 heavy (non-hydrogen) atoms. The standard InChI is InChI=1S/C35H62NO3/c1-3-5-7-9-11-13-15-17-19-21-23-25-27-38-34-29-33(36-32-37)30-35(31-34)39-28-26-24-22-20-18-16-14-12-10-8-6-4-2/h29-31H,3-28H2,1-2H3,(H,36,37). The van der Waals surface area contributed by atoms with Gasteiger partial charge in [-0.15, -0.1) is 0 Å². The Bertz CT molecular complexity index is 615. The Balaban J connectivity index is 2.10. The summed E-state index contributed by atoms with van der Waals surface area (Å²) >= 11 is 0. The van der Waals surface area contributed by atoms with Crippen molar-refractivity contribution in [2.24, 2.45) is 0 Å². The maximum Gasteiger partial charge on any atom is 0.314 e. The Kier molecular flexibility index (Phi) is 25.2. The predicted molar refractivity (Wildman–Crippen MR) is 169 cm³/mol. The van der Waals surface area contributed by atoms with Gasteiger partial charge in [0.25, 0.3) is 0 Å². The Morgan fingerprint density at radius 3 is 1.10 bits per heavy atom. The summed E-state index contributed by atoms with van der Waals surface area (Å²) in [5, 5.41) is 2.62. The molecule has 4 nitrogen and oxygen atoms in total. The van der Waals surface area contributed by atoms with E-state index < -0.39 is 0 Å². The van der Waals surface area contributed by atoms with Crippen molar-refractivity contribution in [3.05, 3.63) is 18.2 Å². The van der Waals surface area contributed by atoms with Crippen molar-refractivity contribution in [1.29, 1.82) is 0 Å². The van der Waals surface area contributed by atoms with Crippen molar-refractivity contribution >= 4 is 12.1 Å². The number of hydrogen-bond acceptors (Lipinski definition) is 3. The van der Waals surface area contributed by atoms with E-state index >= 15 is 0 Å². The minimum absolute atomic E-state index is 0.668.